The van der Waals surface area contributed by atoms with E-state index in [4.69, 9.17) is 18.9 Å². The maximum absolute atomic E-state index is 12.4. The molecule has 6 heteroatoms. The Kier molecular flexibility index (Phi) is 7.86. The van der Waals surface area contributed by atoms with Gasteiger partial charge in [-0.3, -0.25) is 0 Å². The van der Waals surface area contributed by atoms with E-state index in [1.165, 1.54) is 0 Å². The van der Waals surface area contributed by atoms with E-state index < -0.39 is 12.3 Å². The number of hydrogen-bond donors (Lipinski definition) is 0. The highest BCUT2D eigenvalue weighted by molar-refractivity contribution is 6.13. The number of carbonyl (C=O) groups is 2. The van der Waals surface area contributed by atoms with E-state index in [-0.39, 0.29) is 13.2 Å². The van der Waals surface area contributed by atoms with Crippen LogP contribution in [-0.4, -0.2) is 25.5 Å². The van der Waals surface area contributed by atoms with Crippen LogP contribution in [0.1, 0.15) is 26.3 Å². The van der Waals surface area contributed by atoms with Gasteiger partial charge in [-0.1, -0.05) is 73.7 Å². The predicted octanol–water partition coefficient (Wildman–Crippen LogP) is 6.74. The van der Waals surface area contributed by atoms with Gasteiger partial charge >= 0.3 is 12.3 Å². The van der Waals surface area contributed by atoms with Gasteiger partial charge in [0, 0.05) is 21.5 Å². The molecule has 0 bridgehead atoms. The van der Waals surface area contributed by atoms with E-state index in [1.807, 2.05) is 57.2 Å². The third-order valence-corrected chi connectivity index (χ3v) is 4.86. The number of carbonyl (C=O) groups excluding carboxylic acids is 2. The van der Waals surface area contributed by atoms with Crippen LogP contribution in [0.2, 0.25) is 0 Å². The average Bonchev–Trinajstić information content (AvgIpc) is 2.81. The molecule has 0 N–H and O–H groups in total. The molecule has 0 aliphatic heterocycles. The summed E-state index contributed by atoms with van der Waals surface area (Å²) >= 11 is 0. The van der Waals surface area contributed by atoms with Gasteiger partial charge in [0.2, 0.25) is 0 Å². The van der Waals surface area contributed by atoms with E-state index in [0.29, 0.717) is 39.5 Å². The van der Waals surface area contributed by atoms with Crippen molar-refractivity contribution in [1.82, 2.24) is 0 Å². The maximum atomic E-state index is 12.4. The first kappa shape index (κ1) is 22.9. The Morgan fingerprint density at radius 1 is 0.750 bits per heavy atom. The van der Waals surface area contributed by atoms with Crippen LogP contribution in [-0.2, 0) is 15.9 Å². The van der Waals surface area contributed by atoms with E-state index in [9.17, 15) is 9.59 Å². The van der Waals surface area contributed by atoms with E-state index >= 15 is 0 Å². The number of fused-ring (bicyclic) bond motifs is 2. The standard InChI is InChI=1S/C26H26O6/c1-4-7-16-29-25(27)31-23-19-13-9-10-14-20(19)24(32-26(28)30-17-8-5-2)22-18(6-3)12-11-15-21(22)23/h4-5,7-15H,6,16-17H2,1-3H3/b7-4+,8-5+. The SMILES string of the molecule is C/C=C/COC(=O)Oc1c2ccccc2c(OC(=O)OC/C=C/C)c2c(CC)cccc12. The van der Waals surface area contributed by atoms with Gasteiger partial charge in [-0.2, -0.15) is 0 Å². The van der Waals surface area contributed by atoms with Crippen LogP contribution in [0, 0.1) is 0 Å². The Balaban J connectivity index is 2.16. The lowest BCUT2D eigenvalue weighted by atomic mass is 9.96. The molecule has 0 aliphatic rings. The number of allylic oxidation sites excluding steroid dienone is 2. The van der Waals surface area contributed by atoms with Crippen LogP contribution < -0.4 is 9.47 Å². The highest BCUT2D eigenvalue weighted by Gasteiger charge is 2.22. The summed E-state index contributed by atoms with van der Waals surface area (Å²) in [5.74, 6) is 0.721. The van der Waals surface area contributed by atoms with Crippen LogP contribution in [0.4, 0.5) is 9.59 Å². The van der Waals surface area contributed by atoms with Gasteiger partial charge in [-0.05, 0) is 25.8 Å². The molecular formula is C26H26O6. The third kappa shape index (κ3) is 5.09. The molecule has 0 unspecified atom stereocenters. The van der Waals surface area contributed by atoms with Crippen molar-refractivity contribution in [1.29, 1.82) is 0 Å². The van der Waals surface area contributed by atoms with Crippen molar-refractivity contribution in [2.24, 2.45) is 0 Å². The van der Waals surface area contributed by atoms with Gasteiger partial charge < -0.3 is 18.9 Å². The zero-order chi connectivity index (χ0) is 22.9. The number of benzene rings is 3. The van der Waals surface area contributed by atoms with Crippen LogP contribution in [0.25, 0.3) is 21.5 Å². The summed E-state index contributed by atoms with van der Waals surface area (Å²) in [6, 6.07) is 12.9. The Hall–Kier alpha value is -3.80. The molecular weight excluding hydrogens is 408 g/mol. The molecule has 0 saturated carbocycles. The first-order valence-corrected chi connectivity index (χ1v) is 10.5. The Morgan fingerprint density at radius 3 is 1.84 bits per heavy atom. The quantitative estimate of drug-likeness (QED) is 0.177. The third-order valence-electron chi connectivity index (χ3n) is 4.86. The summed E-state index contributed by atoms with van der Waals surface area (Å²) in [4.78, 5) is 24.7. The van der Waals surface area contributed by atoms with Gasteiger partial charge in [0.15, 0.2) is 5.75 Å². The van der Waals surface area contributed by atoms with Crippen molar-refractivity contribution in [3.8, 4) is 11.5 Å². The summed E-state index contributed by atoms with van der Waals surface area (Å²) in [7, 11) is 0. The average molecular weight is 434 g/mol. The minimum absolute atomic E-state index is 0.116. The van der Waals surface area contributed by atoms with Crippen molar-refractivity contribution in [3.05, 3.63) is 72.3 Å². The Labute approximate surface area is 187 Å². The molecule has 0 fully saturated rings. The highest BCUT2D eigenvalue weighted by Crippen LogP contribution is 2.44. The number of hydrogen-bond acceptors (Lipinski definition) is 6. The zero-order valence-electron chi connectivity index (χ0n) is 18.4. The second kappa shape index (κ2) is 11.0. The fraction of sp³-hybridized carbons (Fsp3) is 0.231. The molecule has 0 radical (unpaired) electrons. The summed E-state index contributed by atoms with van der Waals surface area (Å²) in [6.45, 7) is 5.91. The number of ether oxygens (including phenoxy) is 4. The second-order valence-corrected chi connectivity index (χ2v) is 6.86. The summed E-state index contributed by atoms with van der Waals surface area (Å²) in [6.07, 6.45) is 6.07. The van der Waals surface area contributed by atoms with Crippen LogP contribution in [0.5, 0.6) is 11.5 Å². The smallest absolute Gasteiger partial charge is 0.430 e. The lowest BCUT2D eigenvalue weighted by Gasteiger charge is -2.17. The minimum Gasteiger partial charge on any atom is -0.430 e. The van der Waals surface area contributed by atoms with Crippen LogP contribution in [0.3, 0.4) is 0 Å². The monoisotopic (exact) mass is 434 g/mol. The Bertz CT molecular complexity index is 1180. The normalized spacial score (nSPS) is 11.3. The topological polar surface area (TPSA) is 71.1 Å². The summed E-state index contributed by atoms with van der Waals surface area (Å²) < 4.78 is 21.6. The number of aryl methyl sites for hydroxylation is 1. The van der Waals surface area contributed by atoms with Crippen molar-refractivity contribution in [2.75, 3.05) is 13.2 Å². The first-order valence-electron chi connectivity index (χ1n) is 10.5. The lowest BCUT2D eigenvalue weighted by molar-refractivity contribution is 0.109. The van der Waals surface area contributed by atoms with Gasteiger partial charge in [0.1, 0.15) is 19.0 Å². The lowest BCUT2D eigenvalue weighted by Crippen LogP contribution is -2.13. The maximum Gasteiger partial charge on any atom is 0.514 e. The van der Waals surface area contributed by atoms with Crippen LogP contribution in [0.15, 0.2) is 66.8 Å². The van der Waals surface area contributed by atoms with E-state index in [0.717, 1.165) is 5.56 Å². The molecule has 0 saturated heterocycles. The minimum atomic E-state index is -0.809. The molecule has 3 aromatic carbocycles. The van der Waals surface area contributed by atoms with Gasteiger partial charge in [-0.25, -0.2) is 9.59 Å². The molecule has 3 aromatic rings. The molecule has 32 heavy (non-hydrogen) atoms. The fourth-order valence-electron chi connectivity index (χ4n) is 3.38. The van der Waals surface area contributed by atoms with Gasteiger partial charge in [0.05, 0.1) is 0 Å². The van der Waals surface area contributed by atoms with Gasteiger partial charge in [-0.15, -0.1) is 0 Å². The summed E-state index contributed by atoms with van der Waals surface area (Å²) in [5, 5.41) is 2.57. The second-order valence-electron chi connectivity index (χ2n) is 6.86. The predicted molar refractivity (Wildman–Crippen MR) is 124 cm³/mol. The zero-order valence-corrected chi connectivity index (χ0v) is 18.4. The molecule has 0 aliphatic carbocycles. The molecule has 0 amide bonds. The largest absolute Gasteiger partial charge is 0.514 e. The summed E-state index contributed by atoms with van der Waals surface area (Å²) in [5.41, 5.74) is 0.941. The molecule has 3 rings (SSSR count). The molecule has 166 valence electrons. The van der Waals surface area contributed by atoms with Gasteiger partial charge in [0.25, 0.3) is 0 Å². The molecule has 0 aromatic heterocycles. The van der Waals surface area contributed by atoms with Crippen LogP contribution >= 0.6 is 0 Å². The molecule has 0 atom stereocenters. The van der Waals surface area contributed by atoms with E-state index in [1.54, 1.807) is 30.4 Å². The van der Waals surface area contributed by atoms with Crippen molar-refractivity contribution in [2.45, 2.75) is 27.2 Å². The van der Waals surface area contributed by atoms with Crippen molar-refractivity contribution >= 4 is 33.9 Å². The van der Waals surface area contributed by atoms with Crippen molar-refractivity contribution in [3.63, 3.8) is 0 Å². The molecule has 6 nitrogen and oxygen atoms in total. The fourth-order valence-corrected chi connectivity index (χ4v) is 3.38. The Morgan fingerprint density at radius 2 is 1.28 bits per heavy atom. The number of rotatable bonds is 7. The first-order chi connectivity index (χ1) is 15.6. The molecule has 0 spiro atoms. The van der Waals surface area contributed by atoms with E-state index in [2.05, 4.69) is 0 Å². The molecule has 0 heterocycles. The highest BCUT2D eigenvalue weighted by atomic mass is 16.7. The van der Waals surface area contributed by atoms with Crippen molar-refractivity contribution < 1.29 is 28.5 Å².